The van der Waals surface area contributed by atoms with E-state index < -0.39 is 0 Å². The Morgan fingerprint density at radius 1 is 1.59 bits per heavy atom. The van der Waals surface area contributed by atoms with E-state index in [2.05, 4.69) is 22.5 Å². The number of nitrogens with one attached hydrogen (secondary N) is 1. The summed E-state index contributed by atoms with van der Waals surface area (Å²) in [4.78, 5) is 15.7. The van der Waals surface area contributed by atoms with Gasteiger partial charge in [0, 0.05) is 12.5 Å². The molecule has 1 aliphatic rings. The minimum atomic E-state index is 0.0357. The topological polar surface area (TPSA) is 51.2 Å². The Morgan fingerprint density at radius 2 is 2.47 bits per heavy atom. The second-order valence-electron chi connectivity index (χ2n) is 4.11. The predicted molar refractivity (Wildman–Crippen MR) is 65.9 cm³/mol. The summed E-state index contributed by atoms with van der Waals surface area (Å²) < 4.78 is 4.95. The van der Waals surface area contributed by atoms with Gasteiger partial charge in [-0.05, 0) is 24.8 Å². The third-order valence-electron chi connectivity index (χ3n) is 2.79. The number of rotatable bonds is 4. The number of carbonyl (C=O) groups excluding carboxylic acids is 1. The van der Waals surface area contributed by atoms with Gasteiger partial charge in [0.2, 0.25) is 11.8 Å². The average Bonchev–Trinajstić information content (AvgIpc) is 2.82. The number of nitrogens with zero attached hydrogens (tertiary/aromatic N) is 1. The number of pyridine rings is 1. The average molecular weight is 232 g/mol. The summed E-state index contributed by atoms with van der Waals surface area (Å²) in [6, 6.07) is 3.51. The normalized spacial score (nSPS) is 18.1. The lowest BCUT2D eigenvalue weighted by molar-refractivity contribution is -0.116. The van der Waals surface area contributed by atoms with Crippen molar-refractivity contribution in [3.63, 3.8) is 0 Å². The molecule has 1 heterocycles. The molecule has 1 aromatic heterocycles. The van der Waals surface area contributed by atoms with E-state index in [9.17, 15) is 4.79 Å². The predicted octanol–water partition coefficient (Wildman–Crippen LogP) is 2.39. The van der Waals surface area contributed by atoms with Gasteiger partial charge in [0.15, 0.2) is 0 Å². The van der Waals surface area contributed by atoms with Crippen LogP contribution < -0.4 is 10.1 Å². The number of aromatic nitrogens is 1. The molecule has 17 heavy (non-hydrogen) atoms. The molecule has 0 aliphatic heterocycles. The third-order valence-corrected chi connectivity index (χ3v) is 2.79. The number of methoxy groups -OCH3 is 1. The molecule has 0 saturated heterocycles. The van der Waals surface area contributed by atoms with Gasteiger partial charge in [0.05, 0.1) is 19.0 Å². The quantitative estimate of drug-likeness (QED) is 0.811. The van der Waals surface area contributed by atoms with E-state index in [1.54, 1.807) is 25.4 Å². The first-order valence-corrected chi connectivity index (χ1v) is 5.74. The highest BCUT2D eigenvalue weighted by Gasteiger charge is 2.13. The minimum Gasteiger partial charge on any atom is -0.481 e. The molecular weight excluding hydrogens is 216 g/mol. The Kier molecular flexibility index (Phi) is 3.75. The van der Waals surface area contributed by atoms with Gasteiger partial charge in [-0.25, -0.2) is 4.98 Å². The number of allylic oxidation sites excluding steroid dienone is 2. The van der Waals surface area contributed by atoms with Crippen molar-refractivity contribution in [1.29, 1.82) is 0 Å². The second-order valence-corrected chi connectivity index (χ2v) is 4.11. The van der Waals surface area contributed by atoms with E-state index in [1.807, 2.05) is 0 Å². The number of carbonyl (C=O) groups is 1. The van der Waals surface area contributed by atoms with Gasteiger partial charge in [-0.2, -0.15) is 0 Å². The molecule has 2 rings (SSSR count). The first-order chi connectivity index (χ1) is 8.28. The highest BCUT2D eigenvalue weighted by Crippen LogP contribution is 2.21. The Morgan fingerprint density at radius 3 is 3.06 bits per heavy atom. The third kappa shape index (κ3) is 3.31. The molecule has 1 aliphatic carbocycles. The molecule has 0 spiro atoms. The Hall–Kier alpha value is -1.84. The van der Waals surface area contributed by atoms with Gasteiger partial charge in [-0.1, -0.05) is 12.2 Å². The maximum absolute atomic E-state index is 11.7. The first-order valence-electron chi connectivity index (χ1n) is 5.74. The second kappa shape index (κ2) is 5.48. The number of amides is 1. The summed E-state index contributed by atoms with van der Waals surface area (Å²) in [7, 11) is 1.56. The molecule has 4 heteroatoms. The summed E-state index contributed by atoms with van der Waals surface area (Å²) in [5, 5.41) is 2.83. The van der Waals surface area contributed by atoms with Gasteiger partial charge in [-0.3, -0.25) is 4.79 Å². The molecule has 1 amide bonds. The van der Waals surface area contributed by atoms with E-state index in [4.69, 9.17) is 4.74 Å². The number of ether oxygens (including phenoxy) is 1. The van der Waals surface area contributed by atoms with E-state index >= 15 is 0 Å². The molecule has 0 radical (unpaired) electrons. The molecule has 4 nitrogen and oxygen atoms in total. The maximum Gasteiger partial charge on any atom is 0.225 e. The Balaban J connectivity index is 1.86. The zero-order valence-corrected chi connectivity index (χ0v) is 9.85. The summed E-state index contributed by atoms with van der Waals surface area (Å²) >= 11 is 0. The molecule has 1 N–H and O–H groups in total. The molecule has 0 bridgehead atoms. The van der Waals surface area contributed by atoms with Crippen molar-refractivity contribution < 1.29 is 9.53 Å². The molecule has 0 unspecified atom stereocenters. The van der Waals surface area contributed by atoms with Gasteiger partial charge in [0.25, 0.3) is 0 Å². The smallest absolute Gasteiger partial charge is 0.225 e. The van der Waals surface area contributed by atoms with E-state index in [0.717, 1.165) is 12.8 Å². The molecule has 0 fully saturated rings. The van der Waals surface area contributed by atoms with Crippen LogP contribution in [0.4, 0.5) is 5.69 Å². The van der Waals surface area contributed by atoms with Gasteiger partial charge in [0.1, 0.15) is 0 Å². The lowest BCUT2D eigenvalue weighted by Gasteiger charge is -2.08. The number of hydrogen-bond acceptors (Lipinski definition) is 3. The van der Waals surface area contributed by atoms with Gasteiger partial charge >= 0.3 is 0 Å². The van der Waals surface area contributed by atoms with Crippen LogP contribution in [0, 0.1) is 5.92 Å². The van der Waals surface area contributed by atoms with Gasteiger partial charge in [-0.15, -0.1) is 0 Å². The first kappa shape index (κ1) is 11.6. The standard InChI is InChI=1S/C13H16N2O2/c1-17-13-7-6-11(9-14-13)15-12(16)8-10-4-2-3-5-10/h2,4,6-7,9-10H,3,5,8H2,1H3,(H,15,16)/t10-/m0/s1. The van der Waals surface area contributed by atoms with Crippen LogP contribution in [0.1, 0.15) is 19.3 Å². The van der Waals surface area contributed by atoms with Crippen molar-refractivity contribution in [2.45, 2.75) is 19.3 Å². The van der Waals surface area contributed by atoms with Crippen molar-refractivity contribution in [3.8, 4) is 5.88 Å². The molecule has 90 valence electrons. The lowest BCUT2D eigenvalue weighted by atomic mass is 10.1. The van der Waals surface area contributed by atoms with Crippen LogP contribution in [-0.2, 0) is 4.79 Å². The molecular formula is C13H16N2O2. The minimum absolute atomic E-state index is 0.0357. The van der Waals surface area contributed by atoms with Crippen LogP contribution in [0.5, 0.6) is 5.88 Å². The molecule has 1 atom stereocenters. The van der Waals surface area contributed by atoms with Crippen molar-refractivity contribution in [1.82, 2.24) is 4.98 Å². The zero-order valence-electron chi connectivity index (χ0n) is 9.85. The number of anilines is 1. The lowest BCUT2D eigenvalue weighted by Crippen LogP contribution is -2.14. The largest absolute Gasteiger partial charge is 0.481 e. The summed E-state index contributed by atoms with van der Waals surface area (Å²) in [6.45, 7) is 0. The SMILES string of the molecule is COc1ccc(NC(=O)C[C@H]2C=CCC2)cn1. The number of hydrogen-bond donors (Lipinski definition) is 1. The van der Waals surface area contributed by atoms with Crippen molar-refractivity contribution >= 4 is 11.6 Å². The highest BCUT2D eigenvalue weighted by atomic mass is 16.5. The van der Waals surface area contributed by atoms with Gasteiger partial charge < -0.3 is 10.1 Å². The van der Waals surface area contributed by atoms with E-state index in [-0.39, 0.29) is 5.91 Å². The van der Waals surface area contributed by atoms with Crippen LogP contribution in [-0.4, -0.2) is 18.0 Å². The van der Waals surface area contributed by atoms with Crippen LogP contribution >= 0.6 is 0 Å². The zero-order chi connectivity index (χ0) is 12.1. The van der Waals surface area contributed by atoms with Crippen molar-refractivity contribution in [3.05, 3.63) is 30.5 Å². The Labute approximate surface area is 101 Å². The molecule has 1 aromatic rings. The summed E-state index contributed by atoms with van der Waals surface area (Å²) in [5.74, 6) is 0.969. The fourth-order valence-corrected chi connectivity index (χ4v) is 1.89. The Bertz CT molecular complexity index is 412. The molecule has 0 aromatic carbocycles. The van der Waals surface area contributed by atoms with Crippen LogP contribution in [0.3, 0.4) is 0 Å². The highest BCUT2D eigenvalue weighted by molar-refractivity contribution is 5.90. The van der Waals surface area contributed by atoms with Crippen molar-refractivity contribution in [2.24, 2.45) is 5.92 Å². The fourth-order valence-electron chi connectivity index (χ4n) is 1.89. The van der Waals surface area contributed by atoms with Crippen LogP contribution in [0.25, 0.3) is 0 Å². The van der Waals surface area contributed by atoms with Crippen LogP contribution in [0.2, 0.25) is 0 Å². The summed E-state index contributed by atoms with van der Waals surface area (Å²) in [5.41, 5.74) is 0.706. The van der Waals surface area contributed by atoms with E-state index in [1.165, 1.54) is 0 Å². The maximum atomic E-state index is 11.7. The van der Waals surface area contributed by atoms with Crippen LogP contribution in [0.15, 0.2) is 30.5 Å². The monoisotopic (exact) mass is 232 g/mol. The van der Waals surface area contributed by atoms with Crippen molar-refractivity contribution in [2.75, 3.05) is 12.4 Å². The summed E-state index contributed by atoms with van der Waals surface area (Å²) in [6.07, 6.45) is 8.55. The van der Waals surface area contributed by atoms with E-state index in [0.29, 0.717) is 23.9 Å². The fraction of sp³-hybridized carbons (Fsp3) is 0.385. The molecule has 0 saturated carbocycles.